The van der Waals surface area contributed by atoms with Crippen molar-refractivity contribution in [2.75, 3.05) is 5.43 Å². The molecule has 3 nitrogen and oxygen atoms in total. The maximum atomic E-state index is 5.30. The Morgan fingerprint density at radius 1 is 1.42 bits per heavy atom. The second-order valence-electron chi connectivity index (χ2n) is 2.88. The van der Waals surface area contributed by atoms with Gasteiger partial charge in [-0.15, -0.1) is 0 Å². The molecule has 1 aromatic carbocycles. The molecule has 0 saturated carbocycles. The van der Waals surface area contributed by atoms with Crippen LogP contribution in [-0.2, 0) is 0 Å². The van der Waals surface area contributed by atoms with Gasteiger partial charge in [0.15, 0.2) is 0 Å². The van der Waals surface area contributed by atoms with Gasteiger partial charge in [-0.1, -0.05) is 0 Å². The average Bonchev–Trinajstić information content (AvgIpc) is 2.47. The number of nitrogens with two attached hydrogens (primary N) is 1. The van der Waals surface area contributed by atoms with Crippen LogP contribution in [-0.4, -0.2) is 4.98 Å². The molecule has 3 heteroatoms. The fraction of sp³-hybridized carbons (Fsp3) is 0.111. The molecule has 0 spiro atoms. The lowest BCUT2D eigenvalue weighted by Crippen LogP contribution is -2.05. The number of hydrazine groups is 1. The number of aromatic amines is 1. The van der Waals surface area contributed by atoms with Gasteiger partial charge in [-0.2, -0.15) is 0 Å². The first kappa shape index (κ1) is 7.18. The van der Waals surface area contributed by atoms with E-state index in [4.69, 9.17) is 5.84 Å². The zero-order valence-corrected chi connectivity index (χ0v) is 6.89. The van der Waals surface area contributed by atoms with E-state index in [-0.39, 0.29) is 0 Å². The zero-order valence-electron chi connectivity index (χ0n) is 6.89. The van der Waals surface area contributed by atoms with E-state index in [0.29, 0.717) is 0 Å². The van der Waals surface area contributed by atoms with Gasteiger partial charge in [0.25, 0.3) is 0 Å². The zero-order chi connectivity index (χ0) is 8.55. The number of fused-ring (bicyclic) bond motifs is 1. The molecule has 62 valence electrons. The summed E-state index contributed by atoms with van der Waals surface area (Å²) in [5.74, 6) is 5.30. The molecule has 0 aliphatic rings. The quantitative estimate of drug-likeness (QED) is 0.441. The number of nitrogens with one attached hydrogen (secondary N) is 2. The van der Waals surface area contributed by atoms with Gasteiger partial charge in [0.2, 0.25) is 0 Å². The van der Waals surface area contributed by atoms with Gasteiger partial charge in [-0.25, -0.2) is 0 Å². The Morgan fingerprint density at radius 2 is 2.25 bits per heavy atom. The molecule has 2 rings (SSSR count). The Labute approximate surface area is 70.5 Å². The fourth-order valence-electron chi connectivity index (χ4n) is 1.35. The van der Waals surface area contributed by atoms with Crippen LogP contribution in [0.5, 0.6) is 0 Å². The van der Waals surface area contributed by atoms with Crippen LogP contribution in [0.15, 0.2) is 24.4 Å². The summed E-state index contributed by atoms with van der Waals surface area (Å²) >= 11 is 0. The summed E-state index contributed by atoms with van der Waals surface area (Å²) in [7, 11) is 0. The van der Waals surface area contributed by atoms with E-state index in [2.05, 4.69) is 17.3 Å². The second kappa shape index (κ2) is 2.53. The molecular formula is C9H11N3. The lowest BCUT2D eigenvalue weighted by molar-refractivity contribution is 1.36. The highest BCUT2D eigenvalue weighted by Crippen LogP contribution is 2.20. The predicted octanol–water partition coefficient (Wildman–Crippen LogP) is 1.76. The maximum Gasteiger partial charge on any atom is 0.0492 e. The van der Waals surface area contributed by atoms with Crippen molar-refractivity contribution in [1.82, 2.24) is 4.98 Å². The molecular weight excluding hydrogens is 150 g/mol. The van der Waals surface area contributed by atoms with Crippen LogP contribution < -0.4 is 11.3 Å². The largest absolute Gasteiger partial charge is 0.361 e. The summed E-state index contributed by atoms with van der Waals surface area (Å²) in [6.07, 6.45) is 1.99. The van der Waals surface area contributed by atoms with Crippen molar-refractivity contribution in [2.24, 2.45) is 5.84 Å². The summed E-state index contributed by atoms with van der Waals surface area (Å²) in [5, 5.41) is 1.21. The van der Waals surface area contributed by atoms with Crippen molar-refractivity contribution in [3.05, 3.63) is 30.0 Å². The molecule has 0 atom stereocenters. The molecule has 2 aromatic rings. The minimum absolute atomic E-state index is 0.935. The van der Waals surface area contributed by atoms with Crippen molar-refractivity contribution < 1.29 is 0 Å². The highest BCUT2D eigenvalue weighted by atomic mass is 15.2. The molecule has 0 saturated heterocycles. The van der Waals surface area contributed by atoms with Crippen molar-refractivity contribution in [2.45, 2.75) is 6.92 Å². The topological polar surface area (TPSA) is 53.8 Å². The van der Waals surface area contributed by atoms with Crippen molar-refractivity contribution in [1.29, 1.82) is 0 Å². The molecule has 0 aliphatic heterocycles. The number of hydrogen-bond donors (Lipinski definition) is 3. The number of anilines is 1. The molecule has 0 aliphatic carbocycles. The molecule has 12 heavy (non-hydrogen) atoms. The molecule has 1 aromatic heterocycles. The maximum absolute atomic E-state index is 5.30. The molecule has 0 fully saturated rings. The summed E-state index contributed by atoms with van der Waals surface area (Å²) in [4.78, 5) is 3.17. The SMILES string of the molecule is Cc1c[nH]c2ccc(NN)cc12. The molecule has 0 bridgehead atoms. The van der Waals surface area contributed by atoms with Crippen LogP contribution in [0, 0.1) is 6.92 Å². The van der Waals surface area contributed by atoms with Gasteiger partial charge in [0, 0.05) is 22.8 Å². The minimum Gasteiger partial charge on any atom is -0.361 e. The molecule has 0 amide bonds. The van der Waals surface area contributed by atoms with Crippen molar-refractivity contribution in [3.63, 3.8) is 0 Å². The summed E-state index contributed by atoms with van der Waals surface area (Å²) in [5.41, 5.74) is 5.94. The Morgan fingerprint density at radius 3 is 3.00 bits per heavy atom. The smallest absolute Gasteiger partial charge is 0.0492 e. The Kier molecular flexibility index (Phi) is 1.52. The van der Waals surface area contributed by atoms with Gasteiger partial charge in [0.05, 0.1) is 0 Å². The molecule has 0 unspecified atom stereocenters. The summed E-state index contributed by atoms with van der Waals surface area (Å²) in [6, 6.07) is 5.98. The van der Waals surface area contributed by atoms with Crippen molar-refractivity contribution >= 4 is 16.6 Å². The third-order valence-corrected chi connectivity index (χ3v) is 2.06. The van der Waals surface area contributed by atoms with E-state index in [9.17, 15) is 0 Å². The first-order valence-corrected chi connectivity index (χ1v) is 3.85. The summed E-state index contributed by atoms with van der Waals surface area (Å²) < 4.78 is 0. The van der Waals surface area contributed by atoms with Gasteiger partial charge < -0.3 is 10.4 Å². The number of benzene rings is 1. The normalized spacial score (nSPS) is 10.5. The van der Waals surface area contributed by atoms with Gasteiger partial charge in [-0.05, 0) is 30.7 Å². The van der Waals surface area contributed by atoms with Crippen LogP contribution in [0.1, 0.15) is 5.56 Å². The fourth-order valence-corrected chi connectivity index (χ4v) is 1.35. The highest BCUT2D eigenvalue weighted by molar-refractivity contribution is 5.86. The minimum atomic E-state index is 0.935. The van der Waals surface area contributed by atoms with E-state index in [1.807, 2.05) is 24.4 Å². The van der Waals surface area contributed by atoms with Crippen LogP contribution >= 0.6 is 0 Å². The Hall–Kier alpha value is -1.48. The van der Waals surface area contributed by atoms with Crippen LogP contribution in [0.3, 0.4) is 0 Å². The third-order valence-electron chi connectivity index (χ3n) is 2.06. The van der Waals surface area contributed by atoms with Gasteiger partial charge >= 0.3 is 0 Å². The second-order valence-corrected chi connectivity index (χ2v) is 2.88. The first-order chi connectivity index (χ1) is 5.81. The monoisotopic (exact) mass is 161 g/mol. The van der Waals surface area contributed by atoms with E-state index in [1.54, 1.807) is 0 Å². The predicted molar refractivity (Wildman–Crippen MR) is 50.8 cm³/mol. The number of rotatable bonds is 1. The van der Waals surface area contributed by atoms with Crippen LogP contribution in [0.4, 0.5) is 5.69 Å². The number of nitrogen functional groups attached to an aromatic ring is 1. The number of hydrogen-bond acceptors (Lipinski definition) is 2. The van der Waals surface area contributed by atoms with E-state index < -0.39 is 0 Å². The Bertz CT molecular complexity index is 403. The molecule has 0 radical (unpaired) electrons. The van der Waals surface area contributed by atoms with E-state index >= 15 is 0 Å². The van der Waals surface area contributed by atoms with Gasteiger partial charge in [-0.3, -0.25) is 5.84 Å². The van der Waals surface area contributed by atoms with Crippen LogP contribution in [0.25, 0.3) is 10.9 Å². The highest BCUT2D eigenvalue weighted by Gasteiger charge is 1.98. The molecule has 4 N–H and O–H groups in total. The lowest BCUT2D eigenvalue weighted by atomic mass is 10.2. The number of aryl methyl sites for hydroxylation is 1. The first-order valence-electron chi connectivity index (χ1n) is 3.85. The lowest BCUT2D eigenvalue weighted by Gasteiger charge is -1.98. The average molecular weight is 161 g/mol. The van der Waals surface area contributed by atoms with Gasteiger partial charge in [0.1, 0.15) is 0 Å². The Balaban J connectivity index is 2.71. The third kappa shape index (κ3) is 0.950. The van der Waals surface area contributed by atoms with Crippen molar-refractivity contribution in [3.8, 4) is 0 Å². The summed E-state index contributed by atoms with van der Waals surface area (Å²) in [6.45, 7) is 2.07. The standard InChI is InChI=1S/C9H11N3/c1-6-5-11-9-3-2-7(12-10)4-8(6)9/h2-5,11-12H,10H2,1H3. The van der Waals surface area contributed by atoms with E-state index in [0.717, 1.165) is 11.2 Å². The van der Waals surface area contributed by atoms with Crippen LogP contribution in [0.2, 0.25) is 0 Å². The number of H-pyrrole nitrogens is 1. The van der Waals surface area contributed by atoms with E-state index in [1.165, 1.54) is 10.9 Å². The molecule has 1 heterocycles. The number of aromatic nitrogens is 1.